The first-order valence-electron chi connectivity index (χ1n) is 5.51. The maximum Gasteiger partial charge on any atom is 0.252 e. The van der Waals surface area contributed by atoms with Gasteiger partial charge in [0.25, 0.3) is 5.92 Å². The third-order valence-corrected chi connectivity index (χ3v) is 2.70. The lowest BCUT2D eigenvalue weighted by atomic mass is 9.87. The van der Waals surface area contributed by atoms with Crippen molar-refractivity contribution in [3.8, 4) is 0 Å². The van der Waals surface area contributed by atoms with Crippen LogP contribution in [0, 0.1) is 0 Å². The van der Waals surface area contributed by atoms with Gasteiger partial charge in [-0.3, -0.25) is 5.10 Å². The van der Waals surface area contributed by atoms with Crippen LogP contribution >= 0.6 is 0 Å². The fourth-order valence-corrected chi connectivity index (χ4v) is 1.88. The molecule has 0 aliphatic rings. The fourth-order valence-electron chi connectivity index (χ4n) is 1.88. The average molecular weight is 231 g/mol. The molecule has 0 amide bonds. The number of halogens is 2. The quantitative estimate of drug-likeness (QED) is 0.817. The van der Waals surface area contributed by atoms with E-state index in [2.05, 4.69) is 10.2 Å². The molecule has 0 saturated heterocycles. The fraction of sp³-hybridized carbons (Fsp3) is 0.727. The van der Waals surface area contributed by atoms with Crippen LogP contribution in [-0.2, 0) is 6.42 Å². The highest BCUT2D eigenvalue weighted by Gasteiger charge is 2.37. The van der Waals surface area contributed by atoms with E-state index in [-0.39, 0.29) is 12.5 Å². The third-order valence-electron chi connectivity index (χ3n) is 2.70. The van der Waals surface area contributed by atoms with Crippen molar-refractivity contribution < 1.29 is 8.78 Å². The molecule has 2 atom stereocenters. The summed E-state index contributed by atoms with van der Waals surface area (Å²) in [6, 6.07) is -0.254. The van der Waals surface area contributed by atoms with E-state index in [0.29, 0.717) is 12.0 Å². The zero-order valence-electron chi connectivity index (χ0n) is 9.93. The van der Waals surface area contributed by atoms with Crippen molar-refractivity contribution >= 4 is 0 Å². The summed E-state index contributed by atoms with van der Waals surface area (Å²) >= 11 is 0. The molecule has 0 saturated carbocycles. The Morgan fingerprint density at radius 2 is 2.19 bits per heavy atom. The zero-order chi connectivity index (χ0) is 12.3. The maximum atomic E-state index is 13.5. The Balaban J connectivity index is 3.01. The molecule has 1 unspecified atom stereocenters. The number of aromatic nitrogens is 2. The van der Waals surface area contributed by atoms with E-state index in [0.717, 1.165) is 12.6 Å². The van der Waals surface area contributed by atoms with E-state index in [1.807, 2.05) is 6.92 Å². The molecule has 0 fully saturated rings. The van der Waals surface area contributed by atoms with E-state index >= 15 is 0 Å². The largest absolute Gasteiger partial charge is 0.328 e. The van der Waals surface area contributed by atoms with Gasteiger partial charge < -0.3 is 5.73 Å². The Hall–Kier alpha value is -0.970. The number of alkyl halides is 2. The van der Waals surface area contributed by atoms with Crippen molar-refractivity contribution in [3.63, 3.8) is 0 Å². The normalized spacial score (nSPS) is 16.1. The van der Waals surface area contributed by atoms with Crippen LogP contribution in [0.2, 0.25) is 0 Å². The molecule has 0 aromatic carbocycles. The number of rotatable bonds is 5. The highest BCUT2D eigenvalue weighted by atomic mass is 19.3. The van der Waals surface area contributed by atoms with Gasteiger partial charge in [-0.15, -0.1) is 0 Å². The molecule has 5 heteroatoms. The van der Waals surface area contributed by atoms with Crippen LogP contribution in [0.25, 0.3) is 0 Å². The van der Waals surface area contributed by atoms with Gasteiger partial charge in [-0.2, -0.15) is 5.10 Å². The van der Waals surface area contributed by atoms with E-state index in [4.69, 9.17) is 5.73 Å². The van der Waals surface area contributed by atoms with Crippen molar-refractivity contribution in [1.82, 2.24) is 10.2 Å². The minimum atomic E-state index is -2.78. The molecule has 92 valence electrons. The molecule has 0 aliphatic heterocycles. The number of hydrogen-bond acceptors (Lipinski definition) is 2. The monoisotopic (exact) mass is 231 g/mol. The standard InChI is InChI=1S/C11H19F2N3/c1-4-10-8(6-15-16-10)9(5-7(2)14)11(3,12)13/h6-7,9H,4-5,14H2,1-3H3,(H,15,16)/t7-,9?/m1/s1. The Kier molecular flexibility index (Phi) is 4.02. The Morgan fingerprint density at radius 3 is 2.62 bits per heavy atom. The SMILES string of the molecule is CCc1[nH]ncc1C(C[C@@H](C)N)C(C)(F)F. The molecule has 0 aliphatic carbocycles. The van der Waals surface area contributed by atoms with Gasteiger partial charge in [0, 0.05) is 17.3 Å². The third kappa shape index (κ3) is 3.01. The minimum Gasteiger partial charge on any atom is -0.328 e. The number of hydrogen-bond donors (Lipinski definition) is 2. The van der Waals surface area contributed by atoms with E-state index in [1.165, 1.54) is 6.20 Å². The molecule has 3 N–H and O–H groups in total. The van der Waals surface area contributed by atoms with Crippen LogP contribution in [0.3, 0.4) is 0 Å². The van der Waals surface area contributed by atoms with Gasteiger partial charge in [0.2, 0.25) is 0 Å². The number of nitrogens with one attached hydrogen (secondary N) is 1. The molecule has 0 bridgehead atoms. The second-order valence-electron chi connectivity index (χ2n) is 4.38. The summed E-state index contributed by atoms with van der Waals surface area (Å²) in [5.74, 6) is -3.64. The second kappa shape index (κ2) is 4.91. The number of H-pyrrole nitrogens is 1. The van der Waals surface area contributed by atoms with Gasteiger partial charge in [-0.25, -0.2) is 8.78 Å². The molecule has 1 aromatic rings. The Bertz CT molecular complexity index is 328. The van der Waals surface area contributed by atoms with Crippen LogP contribution in [0.1, 0.15) is 44.4 Å². The molecular formula is C11H19F2N3. The lowest BCUT2D eigenvalue weighted by Crippen LogP contribution is -2.29. The Labute approximate surface area is 94.4 Å². The van der Waals surface area contributed by atoms with Crippen LogP contribution in [-0.4, -0.2) is 22.2 Å². The molecule has 1 aromatic heterocycles. The smallest absolute Gasteiger partial charge is 0.252 e. The molecular weight excluding hydrogens is 212 g/mol. The highest BCUT2D eigenvalue weighted by Crippen LogP contribution is 2.37. The van der Waals surface area contributed by atoms with Gasteiger partial charge in [0.05, 0.1) is 12.1 Å². The van der Waals surface area contributed by atoms with E-state index < -0.39 is 11.8 Å². The molecule has 0 spiro atoms. The summed E-state index contributed by atoms with van der Waals surface area (Å²) < 4.78 is 27.1. The van der Waals surface area contributed by atoms with Gasteiger partial charge in [-0.1, -0.05) is 6.92 Å². The van der Waals surface area contributed by atoms with Crippen molar-refractivity contribution in [2.75, 3.05) is 0 Å². The van der Waals surface area contributed by atoms with Crippen LogP contribution in [0.15, 0.2) is 6.20 Å². The molecule has 3 nitrogen and oxygen atoms in total. The van der Waals surface area contributed by atoms with E-state index in [9.17, 15) is 8.78 Å². The first kappa shape index (κ1) is 13.1. The number of aryl methyl sites for hydroxylation is 1. The molecule has 0 radical (unpaired) electrons. The van der Waals surface area contributed by atoms with Crippen molar-refractivity contribution in [2.45, 2.75) is 51.5 Å². The summed E-state index contributed by atoms with van der Waals surface area (Å²) in [6.45, 7) is 4.59. The summed E-state index contributed by atoms with van der Waals surface area (Å²) in [7, 11) is 0. The van der Waals surface area contributed by atoms with Crippen LogP contribution in [0.5, 0.6) is 0 Å². The number of nitrogens with two attached hydrogens (primary N) is 1. The number of aromatic amines is 1. The van der Waals surface area contributed by atoms with Gasteiger partial charge in [-0.05, 0) is 26.7 Å². The molecule has 1 rings (SSSR count). The van der Waals surface area contributed by atoms with Crippen LogP contribution < -0.4 is 5.73 Å². The first-order valence-corrected chi connectivity index (χ1v) is 5.51. The average Bonchev–Trinajstić information content (AvgIpc) is 2.59. The number of nitrogens with zero attached hydrogens (tertiary/aromatic N) is 1. The van der Waals surface area contributed by atoms with Gasteiger partial charge >= 0.3 is 0 Å². The summed E-state index contributed by atoms with van der Waals surface area (Å²) in [5.41, 5.74) is 6.98. The molecule has 16 heavy (non-hydrogen) atoms. The predicted octanol–water partition coefficient (Wildman–Crippen LogP) is 2.45. The highest BCUT2D eigenvalue weighted by molar-refractivity contribution is 5.23. The van der Waals surface area contributed by atoms with Crippen molar-refractivity contribution in [2.24, 2.45) is 5.73 Å². The van der Waals surface area contributed by atoms with Gasteiger partial charge in [0.1, 0.15) is 0 Å². The Morgan fingerprint density at radius 1 is 1.56 bits per heavy atom. The first-order chi connectivity index (χ1) is 7.36. The van der Waals surface area contributed by atoms with Crippen molar-refractivity contribution in [1.29, 1.82) is 0 Å². The van der Waals surface area contributed by atoms with Crippen LogP contribution in [0.4, 0.5) is 8.78 Å². The predicted molar refractivity (Wildman–Crippen MR) is 59.6 cm³/mol. The zero-order valence-corrected chi connectivity index (χ0v) is 9.93. The minimum absolute atomic E-state index is 0.254. The summed E-state index contributed by atoms with van der Waals surface area (Å²) in [4.78, 5) is 0. The topological polar surface area (TPSA) is 54.7 Å². The van der Waals surface area contributed by atoms with Crippen molar-refractivity contribution in [3.05, 3.63) is 17.5 Å². The maximum absolute atomic E-state index is 13.5. The van der Waals surface area contributed by atoms with E-state index in [1.54, 1.807) is 6.92 Å². The summed E-state index contributed by atoms with van der Waals surface area (Å²) in [6.07, 6.45) is 2.42. The second-order valence-corrected chi connectivity index (χ2v) is 4.38. The molecule has 1 heterocycles. The lowest BCUT2D eigenvalue weighted by Gasteiger charge is -2.25. The van der Waals surface area contributed by atoms with Gasteiger partial charge in [0.15, 0.2) is 0 Å². The lowest BCUT2D eigenvalue weighted by molar-refractivity contribution is -0.0125. The summed E-state index contributed by atoms with van der Waals surface area (Å²) in [5, 5.41) is 6.59.